The molecule has 2 aromatic rings. The van der Waals surface area contributed by atoms with Crippen molar-refractivity contribution in [2.75, 3.05) is 11.5 Å². The molecular weight excluding hydrogens is 188 g/mol. The molecule has 0 spiro atoms. The number of nitrogen functional groups attached to an aromatic ring is 2. The molecule has 0 aliphatic rings. The van der Waals surface area contributed by atoms with Crippen LogP contribution in [0.4, 0.5) is 10.9 Å². The van der Waals surface area contributed by atoms with Crippen molar-refractivity contribution in [3.8, 4) is 11.6 Å². The number of aromatic nitrogens is 4. The van der Waals surface area contributed by atoms with Gasteiger partial charge < -0.3 is 11.5 Å². The summed E-state index contributed by atoms with van der Waals surface area (Å²) in [4.78, 5) is 11.8. The minimum Gasteiger partial charge on any atom is -0.384 e. The zero-order valence-electron chi connectivity index (χ0n) is 6.51. The van der Waals surface area contributed by atoms with Crippen LogP contribution in [0.3, 0.4) is 0 Å². The van der Waals surface area contributed by atoms with Crippen LogP contribution in [0.2, 0.25) is 0 Å². The van der Waals surface area contributed by atoms with E-state index in [1.54, 1.807) is 12.3 Å². The van der Waals surface area contributed by atoms with Gasteiger partial charge >= 0.3 is 0 Å². The molecule has 0 aromatic carbocycles. The van der Waals surface area contributed by atoms with Crippen LogP contribution in [0.25, 0.3) is 11.6 Å². The number of anilines is 2. The highest BCUT2D eigenvalue weighted by Crippen LogP contribution is 2.15. The van der Waals surface area contributed by atoms with Gasteiger partial charge in [-0.3, -0.25) is 0 Å². The SMILES string of the molecule is Nc1ccnc(-c2nsc(N)n2)n1. The minimum absolute atomic E-state index is 0.387. The van der Waals surface area contributed by atoms with E-state index in [1.165, 1.54) is 0 Å². The van der Waals surface area contributed by atoms with E-state index in [4.69, 9.17) is 11.5 Å². The van der Waals surface area contributed by atoms with Crippen LogP contribution >= 0.6 is 11.5 Å². The molecule has 0 saturated heterocycles. The maximum atomic E-state index is 5.47. The summed E-state index contributed by atoms with van der Waals surface area (Å²) < 4.78 is 3.95. The monoisotopic (exact) mass is 194 g/mol. The summed E-state index contributed by atoms with van der Waals surface area (Å²) in [7, 11) is 0. The minimum atomic E-state index is 0.387. The number of rotatable bonds is 1. The van der Waals surface area contributed by atoms with Crippen molar-refractivity contribution in [1.29, 1.82) is 0 Å². The van der Waals surface area contributed by atoms with Gasteiger partial charge in [0.05, 0.1) is 0 Å². The van der Waals surface area contributed by atoms with E-state index in [0.29, 0.717) is 22.6 Å². The topological polar surface area (TPSA) is 104 Å². The zero-order valence-corrected chi connectivity index (χ0v) is 7.32. The van der Waals surface area contributed by atoms with Crippen molar-refractivity contribution in [3.05, 3.63) is 12.3 Å². The van der Waals surface area contributed by atoms with Gasteiger partial charge in [-0.2, -0.15) is 9.36 Å². The van der Waals surface area contributed by atoms with Crippen LogP contribution in [0.15, 0.2) is 12.3 Å². The molecule has 2 aromatic heterocycles. The highest BCUT2D eigenvalue weighted by Gasteiger charge is 2.06. The smallest absolute Gasteiger partial charge is 0.212 e. The first kappa shape index (κ1) is 7.87. The predicted molar refractivity (Wildman–Crippen MR) is 49.8 cm³/mol. The van der Waals surface area contributed by atoms with Gasteiger partial charge in [0.15, 0.2) is 5.13 Å². The van der Waals surface area contributed by atoms with Gasteiger partial charge in [-0.15, -0.1) is 0 Å². The normalized spacial score (nSPS) is 10.2. The van der Waals surface area contributed by atoms with E-state index in [1.807, 2.05) is 0 Å². The van der Waals surface area contributed by atoms with Crippen LogP contribution in [0.5, 0.6) is 0 Å². The van der Waals surface area contributed by atoms with E-state index in [9.17, 15) is 0 Å². The highest BCUT2D eigenvalue weighted by atomic mass is 32.1. The maximum absolute atomic E-state index is 5.47. The lowest BCUT2D eigenvalue weighted by molar-refractivity contribution is 1.13. The third-order valence-corrected chi connectivity index (χ3v) is 1.86. The standard InChI is InChI=1S/C6H6N6S/c7-3-1-2-9-4(10-3)5-11-6(8)13-12-5/h1-2H,(H2,7,9,10)(H2,8,11,12). The van der Waals surface area contributed by atoms with E-state index in [0.717, 1.165) is 11.5 Å². The number of nitrogens with two attached hydrogens (primary N) is 2. The second-order valence-electron chi connectivity index (χ2n) is 2.26. The molecule has 6 nitrogen and oxygen atoms in total. The average Bonchev–Trinajstić information content (AvgIpc) is 2.52. The zero-order chi connectivity index (χ0) is 9.26. The van der Waals surface area contributed by atoms with Gasteiger partial charge in [-0.1, -0.05) is 0 Å². The Labute approximate surface area is 77.8 Å². The maximum Gasteiger partial charge on any atom is 0.212 e. The van der Waals surface area contributed by atoms with Crippen LogP contribution in [0.1, 0.15) is 0 Å². The Morgan fingerprint density at radius 1 is 1.15 bits per heavy atom. The number of hydrogen-bond acceptors (Lipinski definition) is 7. The summed E-state index contributed by atoms with van der Waals surface area (Å²) in [5.74, 6) is 1.20. The van der Waals surface area contributed by atoms with Crippen molar-refractivity contribution in [3.63, 3.8) is 0 Å². The third-order valence-electron chi connectivity index (χ3n) is 1.32. The lowest BCUT2D eigenvalue weighted by Crippen LogP contribution is -1.95. The molecule has 0 aliphatic carbocycles. The quantitative estimate of drug-likeness (QED) is 0.670. The summed E-state index contributed by atoms with van der Waals surface area (Å²) in [6, 6.07) is 1.60. The molecule has 66 valence electrons. The van der Waals surface area contributed by atoms with Gasteiger partial charge in [0.25, 0.3) is 0 Å². The molecule has 0 unspecified atom stereocenters. The van der Waals surface area contributed by atoms with Crippen molar-refractivity contribution >= 4 is 22.5 Å². The molecule has 0 bridgehead atoms. The molecule has 13 heavy (non-hydrogen) atoms. The largest absolute Gasteiger partial charge is 0.384 e. The van der Waals surface area contributed by atoms with Gasteiger partial charge in [0.1, 0.15) is 5.82 Å². The van der Waals surface area contributed by atoms with Crippen LogP contribution in [0, 0.1) is 0 Å². The Hall–Kier alpha value is -1.76. The molecule has 0 fully saturated rings. The second kappa shape index (κ2) is 2.94. The third kappa shape index (κ3) is 1.54. The van der Waals surface area contributed by atoms with Gasteiger partial charge in [0, 0.05) is 17.7 Å². The van der Waals surface area contributed by atoms with Crippen LogP contribution in [-0.2, 0) is 0 Å². The van der Waals surface area contributed by atoms with Crippen molar-refractivity contribution in [1.82, 2.24) is 19.3 Å². The molecule has 0 saturated carbocycles. The Morgan fingerprint density at radius 2 is 2.00 bits per heavy atom. The van der Waals surface area contributed by atoms with Crippen LogP contribution < -0.4 is 11.5 Å². The second-order valence-corrected chi connectivity index (χ2v) is 3.04. The first-order valence-electron chi connectivity index (χ1n) is 3.44. The molecule has 7 heteroatoms. The highest BCUT2D eigenvalue weighted by molar-refractivity contribution is 7.09. The summed E-state index contributed by atoms with van der Waals surface area (Å²) in [5.41, 5.74) is 10.9. The van der Waals surface area contributed by atoms with Crippen molar-refractivity contribution < 1.29 is 0 Å². The van der Waals surface area contributed by atoms with Crippen LogP contribution in [-0.4, -0.2) is 19.3 Å². The Balaban J connectivity index is 2.46. The first-order chi connectivity index (χ1) is 6.25. The molecule has 0 aliphatic heterocycles. The lowest BCUT2D eigenvalue weighted by Gasteiger charge is -1.93. The lowest BCUT2D eigenvalue weighted by atomic mass is 10.5. The molecule has 2 heterocycles. The number of nitrogens with zero attached hydrogens (tertiary/aromatic N) is 4. The van der Waals surface area contributed by atoms with Crippen molar-refractivity contribution in [2.24, 2.45) is 0 Å². The predicted octanol–water partition coefficient (Wildman–Crippen LogP) is 0.159. The van der Waals surface area contributed by atoms with Gasteiger partial charge in [-0.25, -0.2) is 9.97 Å². The summed E-state index contributed by atoms with van der Waals surface area (Å²) in [6.07, 6.45) is 1.55. The fourth-order valence-electron chi connectivity index (χ4n) is 0.806. The van der Waals surface area contributed by atoms with Crippen molar-refractivity contribution in [2.45, 2.75) is 0 Å². The average molecular weight is 194 g/mol. The van der Waals surface area contributed by atoms with Gasteiger partial charge in [-0.05, 0) is 6.07 Å². The van der Waals surface area contributed by atoms with E-state index in [2.05, 4.69) is 19.3 Å². The first-order valence-corrected chi connectivity index (χ1v) is 4.21. The number of hydrogen-bond donors (Lipinski definition) is 2. The summed E-state index contributed by atoms with van der Waals surface area (Å²) >= 11 is 1.10. The summed E-state index contributed by atoms with van der Waals surface area (Å²) in [6.45, 7) is 0. The summed E-state index contributed by atoms with van der Waals surface area (Å²) in [5, 5.41) is 0.390. The van der Waals surface area contributed by atoms with Gasteiger partial charge in [0.2, 0.25) is 11.6 Å². The Kier molecular flexibility index (Phi) is 1.78. The van der Waals surface area contributed by atoms with E-state index in [-0.39, 0.29) is 0 Å². The molecule has 0 radical (unpaired) electrons. The molecule has 0 amide bonds. The Morgan fingerprint density at radius 3 is 2.62 bits per heavy atom. The fraction of sp³-hybridized carbons (Fsp3) is 0. The molecule has 0 atom stereocenters. The fourth-order valence-corrected chi connectivity index (χ4v) is 1.24. The molecule has 2 rings (SSSR count). The Bertz CT molecular complexity index is 425. The molecule has 4 N–H and O–H groups in total. The van der Waals surface area contributed by atoms with E-state index < -0.39 is 0 Å². The van der Waals surface area contributed by atoms with E-state index >= 15 is 0 Å². The molecular formula is C6H6N6S.